The molecule has 0 bridgehead atoms. The number of pyridine rings is 1. The van der Waals surface area contributed by atoms with Crippen LogP contribution in [-0.2, 0) is 4.79 Å². The van der Waals surface area contributed by atoms with Crippen LogP contribution >= 0.6 is 11.6 Å². The molecule has 0 radical (unpaired) electrons. The summed E-state index contributed by atoms with van der Waals surface area (Å²) in [5.74, 6) is 0.0913. The van der Waals surface area contributed by atoms with Crippen LogP contribution in [0.3, 0.4) is 0 Å². The van der Waals surface area contributed by atoms with E-state index < -0.39 is 0 Å². The van der Waals surface area contributed by atoms with Gasteiger partial charge in [-0.2, -0.15) is 0 Å². The molecule has 1 aromatic rings. The Morgan fingerprint density at radius 2 is 1.95 bits per heavy atom. The number of hydrogen-bond acceptors (Lipinski definition) is 4. The molecule has 2 amide bonds. The average Bonchev–Trinajstić information content (AvgIpc) is 2.36. The van der Waals surface area contributed by atoms with E-state index in [4.69, 9.17) is 11.6 Å². The van der Waals surface area contributed by atoms with Gasteiger partial charge >= 0.3 is 0 Å². The summed E-state index contributed by atoms with van der Waals surface area (Å²) in [6, 6.07) is 3.33. The van der Waals surface area contributed by atoms with Gasteiger partial charge in [-0.3, -0.25) is 9.59 Å². The van der Waals surface area contributed by atoms with Crippen LogP contribution in [-0.4, -0.2) is 36.4 Å². The minimum Gasteiger partial charge on any atom is -0.370 e. The number of halogens is 1. The standard InChI is InChI=1S/C12H17ClN4O2/c1-3-14-10-5-4-9(13)11(17-10)12(19)16-7-6-15-8(2)18/h4-5H,3,6-7H2,1-2H3,(H,14,17)(H,15,18)(H,16,19). The van der Waals surface area contributed by atoms with Gasteiger partial charge in [0.1, 0.15) is 11.5 Å². The molecule has 0 saturated heterocycles. The van der Waals surface area contributed by atoms with E-state index in [1.54, 1.807) is 12.1 Å². The second-order valence-electron chi connectivity index (χ2n) is 3.80. The molecule has 7 heteroatoms. The molecule has 0 unspecified atom stereocenters. The van der Waals surface area contributed by atoms with Crippen LogP contribution in [0.25, 0.3) is 0 Å². The van der Waals surface area contributed by atoms with Crippen molar-refractivity contribution in [2.75, 3.05) is 25.0 Å². The summed E-state index contributed by atoms with van der Waals surface area (Å²) in [6.07, 6.45) is 0. The summed E-state index contributed by atoms with van der Waals surface area (Å²) in [5.41, 5.74) is 0.169. The molecule has 0 aromatic carbocycles. The number of nitrogens with one attached hydrogen (secondary N) is 3. The van der Waals surface area contributed by atoms with Crippen LogP contribution in [0.2, 0.25) is 5.02 Å². The zero-order chi connectivity index (χ0) is 14.3. The van der Waals surface area contributed by atoms with E-state index in [0.717, 1.165) is 0 Å². The predicted octanol–water partition coefficient (Wildman–Crippen LogP) is 1.03. The third-order valence-electron chi connectivity index (χ3n) is 2.20. The highest BCUT2D eigenvalue weighted by Gasteiger charge is 2.12. The fourth-order valence-corrected chi connectivity index (χ4v) is 1.57. The Kier molecular flexibility index (Phi) is 6.08. The second kappa shape index (κ2) is 7.58. The van der Waals surface area contributed by atoms with Gasteiger partial charge in [-0.1, -0.05) is 11.6 Å². The maximum Gasteiger partial charge on any atom is 0.271 e. The largest absolute Gasteiger partial charge is 0.370 e. The molecule has 0 atom stereocenters. The van der Waals surface area contributed by atoms with Crippen molar-refractivity contribution in [3.63, 3.8) is 0 Å². The van der Waals surface area contributed by atoms with Gasteiger partial charge in [0.15, 0.2) is 0 Å². The maximum atomic E-state index is 11.9. The lowest BCUT2D eigenvalue weighted by Crippen LogP contribution is -2.34. The molecule has 3 N–H and O–H groups in total. The highest BCUT2D eigenvalue weighted by molar-refractivity contribution is 6.33. The number of anilines is 1. The summed E-state index contributed by atoms with van der Waals surface area (Å²) in [5, 5.41) is 8.51. The summed E-state index contributed by atoms with van der Waals surface area (Å²) in [6.45, 7) is 4.75. The van der Waals surface area contributed by atoms with Crippen molar-refractivity contribution < 1.29 is 9.59 Å². The molecular weight excluding hydrogens is 268 g/mol. The van der Waals surface area contributed by atoms with E-state index in [1.807, 2.05) is 6.92 Å². The third kappa shape index (κ3) is 5.13. The Hall–Kier alpha value is -1.82. The first kappa shape index (κ1) is 15.2. The van der Waals surface area contributed by atoms with E-state index >= 15 is 0 Å². The van der Waals surface area contributed by atoms with E-state index in [1.165, 1.54) is 6.92 Å². The molecule has 0 saturated carbocycles. The van der Waals surface area contributed by atoms with Crippen LogP contribution < -0.4 is 16.0 Å². The van der Waals surface area contributed by atoms with E-state index in [9.17, 15) is 9.59 Å². The molecule has 0 spiro atoms. The first-order chi connectivity index (χ1) is 9.04. The lowest BCUT2D eigenvalue weighted by atomic mass is 10.3. The first-order valence-electron chi connectivity index (χ1n) is 5.97. The van der Waals surface area contributed by atoms with Gasteiger partial charge in [0.05, 0.1) is 5.02 Å². The minimum atomic E-state index is -0.366. The molecule has 0 aliphatic heterocycles. The molecular formula is C12H17ClN4O2. The maximum absolute atomic E-state index is 11.9. The number of carbonyl (C=O) groups is 2. The van der Waals surface area contributed by atoms with Crippen LogP contribution in [0.4, 0.5) is 5.82 Å². The first-order valence-corrected chi connectivity index (χ1v) is 6.35. The number of carbonyl (C=O) groups excluding carboxylic acids is 2. The van der Waals surface area contributed by atoms with Crippen molar-refractivity contribution >= 4 is 29.2 Å². The highest BCUT2D eigenvalue weighted by Crippen LogP contribution is 2.16. The van der Waals surface area contributed by atoms with Crippen LogP contribution in [0.5, 0.6) is 0 Å². The zero-order valence-electron chi connectivity index (χ0n) is 10.9. The van der Waals surface area contributed by atoms with Crippen molar-refractivity contribution in [1.82, 2.24) is 15.6 Å². The molecule has 1 heterocycles. The van der Waals surface area contributed by atoms with Gasteiger partial charge in [-0.15, -0.1) is 0 Å². The van der Waals surface area contributed by atoms with Crippen molar-refractivity contribution in [3.05, 3.63) is 22.8 Å². The Morgan fingerprint density at radius 3 is 2.58 bits per heavy atom. The summed E-state index contributed by atoms with van der Waals surface area (Å²) < 4.78 is 0. The minimum absolute atomic E-state index is 0.139. The second-order valence-corrected chi connectivity index (χ2v) is 4.20. The van der Waals surface area contributed by atoms with E-state index in [2.05, 4.69) is 20.9 Å². The monoisotopic (exact) mass is 284 g/mol. The number of hydrogen-bond donors (Lipinski definition) is 3. The Labute approximate surface area is 116 Å². The van der Waals surface area contributed by atoms with Crippen LogP contribution in [0.1, 0.15) is 24.3 Å². The average molecular weight is 285 g/mol. The predicted molar refractivity (Wildman–Crippen MR) is 74.4 cm³/mol. The molecule has 6 nitrogen and oxygen atoms in total. The van der Waals surface area contributed by atoms with Crippen LogP contribution in [0, 0.1) is 0 Å². The normalized spacial score (nSPS) is 9.84. The van der Waals surface area contributed by atoms with Crippen molar-refractivity contribution in [1.29, 1.82) is 0 Å². The molecule has 0 fully saturated rings. The van der Waals surface area contributed by atoms with Gasteiger partial charge in [0, 0.05) is 26.6 Å². The van der Waals surface area contributed by atoms with Crippen LogP contribution in [0.15, 0.2) is 12.1 Å². The number of nitrogens with zero attached hydrogens (tertiary/aromatic N) is 1. The topological polar surface area (TPSA) is 83.1 Å². The molecule has 0 aliphatic carbocycles. The zero-order valence-corrected chi connectivity index (χ0v) is 11.7. The van der Waals surface area contributed by atoms with Crippen molar-refractivity contribution in [2.24, 2.45) is 0 Å². The summed E-state index contributed by atoms with van der Waals surface area (Å²) >= 11 is 5.93. The lowest BCUT2D eigenvalue weighted by molar-refractivity contribution is -0.118. The van der Waals surface area contributed by atoms with Gasteiger partial charge in [0.2, 0.25) is 5.91 Å². The van der Waals surface area contributed by atoms with Crippen molar-refractivity contribution in [3.8, 4) is 0 Å². The summed E-state index contributed by atoms with van der Waals surface area (Å²) in [7, 11) is 0. The Balaban J connectivity index is 2.60. The fourth-order valence-electron chi connectivity index (χ4n) is 1.38. The van der Waals surface area contributed by atoms with E-state index in [0.29, 0.717) is 30.5 Å². The highest BCUT2D eigenvalue weighted by atomic mass is 35.5. The molecule has 1 rings (SSSR count). The van der Waals surface area contributed by atoms with Gasteiger partial charge in [-0.25, -0.2) is 4.98 Å². The van der Waals surface area contributed by atoms with Gasteiger partial charge < -0.3 is 16.0 Å². The SMILES string of the molecule is CCNc1ccc(Cl)c(C(=O)NCCNC(C)=O)n1. The molecule has 19 heavy (non-hydrogen) atoms. The fraction of sp³-hybridized carbons (Fsp3) is 0.417. The van der Waals surface area contributed by atoms with Gasteiger partial charge in [0.25, 0.3) is 5.91 Å². The quantitative estimate of drug-likeness (QED) is 0.682. The lowest BCUT2D eigenvalue weighted by Gasteiger charge is -2.08. The Morgan fingerprint density at radius 1 is 1.26 bits per heavy atom. The molecule has 0 aliphatic rings. The number of amides is 2. The summed E-state index contributed by atoms with van der Waals surface area (Å²) in [4.78, 5) is 26.7. The van der Waals surface area contributed by atoms with Gasteiger partial charge in [-0.05, 0) is 19.1 Å². The third-order valence-corrected chi connectivity index (χ3v) is 2.51. The Bertz CT molecular complexity index is 465. The number of rotatable bonds is 6. The van der Waals surface area contributed by atoms with Crippen molar-refractivity contribution in [2.45, 2.75) is 13.8 Å². The smallest absolute Gasteiger partial charge is 0.271 e. The molecule has 1 aromatic heterocycles. The molecule has 104 valence electrons. The number of aromatic nitrogens is 1. The van der Waals surface area contributed by atoms with E-state index in [-0.39, 0.29) is 17.5 Å².